The van der Waals surface area contributed by atoms with E-state index in [1.165, 1.54) is 0 Å². The van der Waals surface area contributed by atoms with E-state index in [1.54, 1.807) is 6.92 Å². The Morgan fingerprint density at radius 2 is 1.91 bits per heavy atom. The second kappa shape index (κ2) is 5.62. The summed E-state index contributed by atoms with van der Waals surface area (Å²) >= 11 is 0. The van der Waals surface area contributed by atoms with E-state index < -0.39 is 23.1 Å². The number of piperidine rings is 1. The summed E-state index contributed by atoms with van der Waals surface area (Å²) in [5, 5.41) is 9.53. The molecule has 2 aliphatic rings. The number of aliphatic hydroxyl groups is 1. The number of hydrogen-bond donors (Lipinski definition) is 3. The van der Waals surface area contributed by atoms with Crippen molar-refractivity contribution in [3.63, 3.8) is 0 Å². The minimum Gasteiger partial charge on any atom is -0.373 e. The van der Waals surface area contributed by atoms with Crippen LogP contribution in [0.3, 0.4) is 0 Å². The van der Waals surface area contributed by atoms with Gasteiger partial charge in [-0.25, -0.2) is 5.84 Å². The quantitative estimate of drug-likeness (QED) is 0.398. The summed E-state index contributed by atoms with van der Waals surface area (Å²) in [7, 11) is 0. The molecular weight excluding hydrogens is 315 g/mol. The maximum absolute atomic E-state index is 12.8. The van der Waals surface area contributed by atoms with Gasteiger partial charge in [-0.1, -0.05) is 6.92 Å². The molecule has 1 aliphatic carbocycles. The third-order valence-corrected chi connectivity index (χ3v) is 5.24. The number of rotatable bonds is 3. The molecule has 2 amide bonds. The standard InChI is InChI=1S/C14H22F3N3O3/c1-8-7-20(11(22)12(2,23)14(15,16)17)6-3-9(8)13(4-5-13)10(21)19-18/h8-9,23H,3-7,18H2,1-2H3,(H,19,21). The molecule has 6 nitrogen and oxygen atoms in total. The van der Waals surface area contributed by atoms with E-state index in [0.717, 1.165) is 4.90 Å². The van der Waals surface area contributed by atoms with Crippen LogP contribution in [0.2, 0.25) is 0 Å². The third kappa shape index (κ3) is 2.91. The average molecular weight is 337 g/mol. The molecule has 0 radical (unpaired) electrons. The van der Waals surface area contributed by atoms with Crippen LogP contribution in [0.4, 0.5) is 13.2 Å². The highest BCUT2D eigenvalue weighted by Gasteiger charge is 2.60. The van der Waals surface area contributed by atoms with Crippen LogP contribution in [0.25, 0.3) is 0 Å². The molecule has 0 aromatic carbocycles. The molecule has 1 saturated heterocycles. The molecule has 2 rings (SSSR count). The predicted octanol–water partition coefficient (Wildman–Crippen LogP) is 0.554. The Kier molecular flexibility index (Phi) is 4.40. The van der Waals surface area contributed by atoms with Gasteiger partial charge < -0.3 is 10.0 Å². The van der Waals surface area contributed by atoms with Gasteiger partial charge in [-0.05, 0) is 38.0 Å². The maximum Gasteiger partial charge on any atom is 0.426 e. The second-order valence-electron chi connectivity index (χ2n) is 6.82. The van der Waals surface area contributed by atoms with Gasteiger partial charge in [-0.15, -0.1) is 0 Å². The molecule has 9 heteroatoms. The third-order valence-electron chi connectivity index (χ3n) is 5.24. The van der Waals surface area contributed by atoms with Crippen molar-refractivity contribution >= 4 is 11.8 Å². The number of nitrogens with one attached hydrogen (secondary N) is 1. The van der Waals surface area contributed by atoms with Crippen molar-refractivity contribution in [1.82, 2.24) is 10.3 Å². The maximum atomic E-state index is 12.8. The first-order valence-corrected chi connectivity index (χ1v) is 7.57. The molecule has 0 bridgehead atoms. The Hall–Kier alpha value is -1.35. The Bertz CT molecular complexity index is 503. The average Bonchev–Trinajstić information content (AvgIpc) is 3.25. The monoisotopic (exact) mass is 337 g/mol. The Labute approximate surface area is 132 Å². The highest BCUT2D eigenvalue weighted by molar-refractivity contribution is 5.86. The fourth-order valence-electron chi connectivity index (χ4n) is 3.62. The van der Waals surface area contributed by atoms with Gasteiger partial charge in [0.2, 0.25) is 11.5 Å². The molecular formula is C14H22F3N3O3. The van der Waals surface area contributed by atoms with E-state index in [1.807, 2.05) is 0 Å². The van der Waals surface area contributed by atoms with Gasteiger partial charge in [-0.2, -0.15) is 13.2 Å². The van der Waals surface area contributed by atoms with Crippen molar-refractivity contribution < 1.29 is 27.9 Å². The van der Waals surface area contributed by atoms with Crippen LogP contribution in [0.1, 0.15) is 33.1 Å². The van der Waals surface area contributed by atoms with Gasteiger partial charge >= 0.3 is 6.18 Å². The van der Waals surface area contributed by atoms with Gasteiger partial charge in [0.1, 0.15) is 0 Å². The first-order chi connectivity index (χ1) is 10.5. The number of alkyl halides is 3. The second-order valence-corrected chi connectivity index (χ2v) is 6.82. The predicted molar refractivity (Wildman–Crippen MR) is 74.5 cm³/mol. The summed E-state index contributed by atoms with van der Waals surface area (Å²) in [6.07, 6.45) is -3.23. The molecule has 3 atom stereocenters. The first kappa shape index (κ1) is 18.0. The number of hydrogen-bond acceptors (Lipinski definition) is 4. The van der Waals surface area contributed by atoms with Crippen molar-refractivity contribution in [1.29, 1.82) is 0 Å². The largest absolute Gasteiger partial charge is 0.426 e. The Morgan fingerprint density at radius 3 is 2.30 bits per heavy atom. The minimum absolute atomic E-state index is 0.0362. The van der Waals surface area contributed by atoms with Gasteiger partial charge in [0.05, 0.1) is 5.41 Å². The van der Waals surface area contributed by atoms with Crippen molar-refractivity contribution in [2.24, 2.45) is 23.1 Å². The van der Waals surface area contributed by atoms with Crippen LogP contribution in [0.15, 0.2) is 0 Å². The van der Waals surface area contributed by atoms with Crippen molar-refractivity contribution in [3.05, 3.63) is 0 Å². The fraction of sp³-hybridized carbons (Fsp3) is 0.857. The van der Waals surface area contributed by atoms with E-state index in [0.29, 0.717) is 26.2 Å². The van der Waals surface area contributed by atoms with Crippen LogP contribution in [-0.2, 0) is 9.59 Å². The normalized spacial score (nSPS) is 29.6. The topological polar surface area (TPSA) is 95.7 Å². The summed E-state index contributed by atoms with van der Waals surface area (Å²) < 4.78 is 38.4. The number of carbonyl (C=O) groups is 2. The van der Waals surface area contributed by atoms with Gasteiger partial charge in [0.25, 0.3) is 5.91 Å². The Morgan fingerprint density at radius 1 is 1.35 bits per heavy atom. The molecule has 1 saturated carbocycles. The van der Waals surface area contributed by atoms with E-state index in [-0.39, 0.29) is 30.8 Å². The fourth-order valence-corrected chi connectivity index (χ4v) is 3.62. The van der Waals surface area contributed by atoms with Crippen LogP contribution in [0, 0.1) is 17.3 Å². The lowest BCUT2D eigenvalue weighted by molar-refractivity contribution is -0.251. The van der Waals surface area contributed by atoms with Crippen LogP contribution >= 0.6 is 0 Å². The molecule has 1 heterocycles. The number of carbonyl (C=O) groups excluding carboxylic acids is 2. The minimum atomic E-state index is -5.03. The smallest absolute Gasteiger partial charge is 0.373 e. The summed E-state index contributed by atoms with van der Waals surface area (Å²) in [6.45, 7) is 2.43. The molecule has 0 aromatic rings. The number of halogens is 3. The summed E-state index contributed by atoms with van der Waals surface area (Å²) in [4.78, 5) is 25.0. The van der Waals surface area contributed by atoms with Gasteiger partial charge in [-0.3, -0.25) is 15.0 Å². The number of hydrazine groups is 1. The molecule has 23 heavy (non-hydrogen) atoms. The molecule has 4 N–H and O–H groups in total. The SMILES string of the molecule is CC1CN(C(=O)C(C)(O)C(F)(F)F)CCC1C1(C(=O)NN)CC1. The molecule has 3 unspecified atom stereocenters. The lowest BCUT2D eigenvalue weighted by atomic mass is 9.74. The van der Waals surface area contributed by atoms with Gasteiger partial charge in [0, 0.05) is 13.1 Å². The summed E-state index contributed by atoms with van der Waals surface area (Å²) in [5.41, 5.74) is -1.80. The van der Waals surface area contributed by atoms with Crippen LogP contribution in [0.5, 0.6) is 0 Å². The van der Waals surface area contributed by atoms with Crippen LogP contribution in [-0.4, -0.2) is 46.7 Å². The van der Waals surface area contributed by atoms with Crippen molar-refractivity contribution in [3.8, 4) is 0 Å². The number of likely N-dealkylation sites (tertiary alicyclic amines) is 1. The molecule has 1 aliphatic heterocycles. The molecule has 0 aromatic heterocycles. The highest BCUT2D eigenvalue weighted by Crippen LogP contribution is 2.56. The zero-order valence-electron chi connectivity index (χ0n) is 13.1. The summed E-state index contributed by atoms with van der Waals surface area (Å²) in [6, 6.07) is 0. The number of nitrogens with zero attached hydrogens (tertiary/aromatic N) is 1. The van der Waals surface area contributed by atoms with E-state index >= 15 is 0 Å². The molecule has 0 spiro atoms. The van der Waals surface area contributed by atoms with E-state index in [2.05, 4.69) is 5.43 Å². The summed E-state index contributed by atoms with van der Waals surface area (Å²) in [5.74, 6) is 3.42. The highest BCUT2D eigenvalue weighted by atomic mass is 19.4. The van der Waals surface area contributed by atoms with E-state index in [9.17, 15) is 27.9 Å². The first-order valence-electron chi connectivity index (χ1n) is 7.57. The lowest BCUT2D eigenvalue weighted by Crippen LogP contribution is -2.59. The van der Waals surface area contributed by atoms with Crippen LogP contribution < -0.4 is 11.3 Å². The van der Waals surface area contributed by atoms with E-state index in [4.69, 9.17) is 5.84 Å². The molecule has 2 fully saturated rings. The number of nitrogens with two attached hydrogens (primary N) is 1. The van der Waals surface area contributed by atoms with Crippen molar-refractivity contribution in [2.75, 3.05) is 13.1 Å². The Balaban J connectivity index is 2.08. The molecule has 132 valence electrons. The zero-order valence-corrected chi connectivity index (χ0v) is 13.1. The number of amides is 2. The lowest BCUT2D eigenvalue weighted by Gasteiger charge is -2.42. The van der Waals surface area contributed by atoms with Gasteiger partial charge in [0.15, 0.2) is 0 Å². The van der Waals surface area contributed by atoms with Crippen molar-refractivity contribution in [2.45, 2.75) is 44.9 Å². The zero-order chi connectivity index (χ0) is 17.6.